The van der Waals surface area contributed by atoms with Gasteiger partial charge in [0.05, 0.1) is 0 Å². The van der Waals surface area contributed by atoms with Crippen molar-refractivity contribution in [3.05, 3.63) is 35.9 Å². The topological polar surface area (TPSA) is 80.3 Å². The van der Waals surface area contributed by atoms with Gasteiger partial charge in [0.2, 0.25) is 0 Å². The van der Waals surface area contributed by atoms with Gasteiger partial charge in [-0.3, -0.25) is 9.59 Å². The van der Waals surface area contributed by atoms with E-state index in [2.05, 4.69) is 11.8 Å². The first kappa shape index (κ1) is 20.3. The number of rotatable bonds is 3. The molecule has 3 rings (SSSR count). The molecule has 7 heteroatoms. The molecule has 0 saturated carbocycles. The van der Waals surface area contributed by atoms with E-state index >= 15 is 0 Å². The summed E-state index contributed by atoms with van der Waals surface area (Å²) in [6, 6.07) is 9.48. The van der Waals surface area contributed by atoms with Crippen LogP contribution in [0.2, 0.25) is 0 Å². The Hall–Kier alpha value is -2.40. The number of hydrogen-bond acceptors (Lipinski definition) is 7. The number of fused-ring (bicyclic) bond motifs is 1. The fourth-order valence-corrected chi connectivity index (χ4v) is 3.32. The van der Waals surface area contributed by atoms with Gasteiger partial charge in [-0.15, -0.1) is 0 Å². The van der Waals surface area contributed by atoms with Gasteiger partial charge in [0, 0.05) is 19.4 Å². The van der Waals surface area contributed by atoms with Crippen LogP contribution in [-0.2, 0) is 33.3 Å². The molecule has 2 heterocycles. The van der Waals surface area contributed by atoms with E-state index in [4.69, 9.17) is 23.7 Å². The molecule has 0 amide bonds. The van der Waals surface area contributed by atoms with Crippen LogP contribution in [0.15, 0.2) is 30.3 Å². The van der Waals surface area contributed by atoms with E-state index in [-0.39, 0.29) is 6.61 Å². The number of hydrogen-bond donors (Lipinski definition) is 0. The molecule has 0 aromatic heterocycles. The Bertz CT molecular complexity index is 777. The predicted molar refractivity (Wildman–Crippen MR) is 98.0 cm³/mol. The van der Waals surface area contributed by atoms with Crippen LogP contribution in [0.5, 0.6) is 0 Å². The SMILES string of the molecule is CC(=O)OC[C@H]1O[C@H](C#Cc2ccccc2)[C@H]2OC(C)(C)O[C@H]2[C@@H]1OC(C)=O. The number of carbonyl (C=O) groups excluding carboxylic acids is 2. The van der Waals surface area contributed by atoms with Crippen molar-refractivity contribution >= 4 is 11.9 Å². The maximum Gasteiger partial charge on any atom is 0.303 e. The van der Waals surface area contributed by atoms with Crippen LogP contribution in [0, 0.1) is 11.8 Å². The van der Waals surface area contributed by atoms with Gasteiger partial charge in [0.1, 0.15) is 31.0 Å². The van der Waals surface area contributed by atoms with Crippen LogP contribution in [-0.4, -0.2) is 54.9 Å². The highest BCUT2D eigenvalue weighted by Gasteiger charge is 2.56. The van der Waals surface area contributed by atoms with E-state index in [9.17, 15) is 9.59 Å². The molecule has 1 aromatic rings. The molecule has 150 valence electrons. The maximum atomic E-state index is 11.6. The lowest BCUT2D eigenvalue weighted by molar-refractivity contribution is -0.206. The van der Waals surface area contributed by atoms with Crippen LogP contribution in [0.1, 0.15) is 33.3 Å². The van der Waals surface area contributed by atoms with Gasteiger partial charge in [0.15, 0.2) is 11.9 Å². The summed E-state index contributed by atoms with van der Waals surface area (Å²) >= 11 is 0. The second-order valence-corrected chi connectivity index (χ2v) is 7.17. The van der Waals surface area contributed by atoms with Gasteiger partial charge in [-0.05, 0) is 26.0 Å². The fraction of sp³-hybridized carbons (Fsp3) is 0.524. The Labute approximate surface area is 164 Å². The van der Waals surface area contributed by atoms with Gasteiger partial charge < -0.3 is 23.7 Å². The van der Waals surface area contributed by atoms with E-state index in [0.717, 1.165) is 5.56 Å². The summed E-state index contributed by atoms with van der Waals surface area (Å²) in [4.78, 5) is 22.9. The first-order valence-electron chi connectivity index (χ1n) is 9.13. The van der Waals surface area contributed by atoms with Gasteiger partial charge in [-0.2, -0.15) is 0 Å². The van der Waals surface area contributed by atoms with Crippen LogP contribution in [0.25, 0.3) is 0 Å². The van der Waals surface area contributed by atoms with Gasteiger partial charge in [-0.1, -0.05) is 30.0 Å². The maximum absolute atomic E-state index is 11.6. The quantitative estimate of drug-likeness (QED) is 0.577. The Morgan fingerprint density at radius 2 is 1.75 bits per heavy atom. The third-order valence-electron chi connectivity index (χ3n) is 4.36. The van der Waals surface area contributed by atoms with Crippen molar-refractivity contribution in [2.75, 3.05) is 6.61 Å². The van der Waals surface area contributed by atoms with E-state index in [0.29, 0.717) is 0 Å². The minimum Gasteiger partial charge on any atom is -0.463 e. The molecular weight excluding hydrogens is 364 g/mol. The normalized spacial score (nSPS) is 30.5. The zero-order valence-corrected chi connectivity index (χ0v) is 16.3. The summed E-state index contributed by atoms with van der Waals surface area (Å²) in [5.74, 6) is 4.32. The second kappa shape index (κ2) is 8.31. The average molecular weight is 388 g/mol. The minimum absolute atomic E-state index is 0.0796. The summed E-state index contributed by atoms with van der Waals surface area (Å²) in [6.45, 7) is 6.08. The molecular formula is C21H24O7. The molecule has 2 fully saturated rings. The second-order valence-electron chi connectivity index (χ2n) is 7.17. The molecule has 2 aliphatic rings. The lowest BCUT2D eigenvalue weighted by Crippen LogP contribution is -2.58. The zero-order valence-electron chi connectivity index (χ0n) is 16.3. The van der Waals surface area contributed by atoms with E-state index in [1.807, 2.05) is 30.3 Å². The summed E-state index contributed by atoms with van der Waals surface area (Å²) < 4.78 is 28.6. The van der Waals surface area contributed by atoms with Gasteiger partial charge in [0.25, 0.3) is 0 Å². The van der Waals surface area contributed by atoms with Gasteiger partial charge in [-0.25, -0.2) is 0 Å². The molecule has 0 N–H and O–H groups in total. The standard InChI is InChI=1S/C21H24O7/c1-13(22)24-12-17-18(25-14(2)23)20-19(27-21(3,4)28-20)16(26-17)11-10-15-8-6-5-7-9-15/h5-9,16-20H,12H2,1-4H3/t16-,17-,18-,19-,20+/m1/s1. The van der Waals surface area contributed by atoms with E-state index in [1.54, 1.807) is 13.8 Å². The lowest BCUT2D eigenvalue weighted by Gasteiger charge is -2.39. The Kier molecular flexibility index (Phi) is 6.04. The zero-order chi connectivity index (χ0) is 20.3. The molecule has 2 aliphatic heterocycles. The molecule has 0 spiro atoms. The van der Waals surface area contributed by atoms with Crippen molar-refractivity contribution < 1.29 is 33.3 Å². The monoisotopic (exact) mass is 388 g/mol. The summed E-state index contributed by atoms with van der Waals surface area (Å²) in [6.07, 6.45) is -3.29. The summed E-state index contributed by atoms with van der Waals surface area (Å²) in [5.41, 5.74) is 0.833. The molecule has 7 nitrogen and oxygen atoms in total. The molecule has 0 aliphatic carbocycles. The highest BCUT2D eigenvalue weighted by Crippen LogP contribution is 2.38. The highest BCUT2D eigenvalue weighted by molar-refractivity contribution is 5.66. The molecule has 1 aromatic carbocycles. The Morgan fingerprint density at radius 3 is 2.39 bits per heavy atom. The van der Waals surface area contributed by atoms with Crippen LogP contribution in [0.3, 0.4) is 0 Å². The highest BCUT2D eigenvalue weighted by atomic mass is 16.8. The number of carbonyl (C=O) groups is 2. The summed E-state index contributed by atoms with van der Waals surface area (Å²) in [5, 5.41) is 0. The average Bonchev–Trinajstić information content (AvgIpc) is 2.95. The van der Waals surface area contributed by atoms with Crippen LogP contribution in [0.4, 0.5) is 0 Å². The first-order valence-corrected chi connectivity index (χ1v) is 9.13. The number of benzene rings is 1. The Morgan fingerprint density at radius 1 is 1.07 bits per heavy atom. The molecule has 28 heavy (non-hydrogen) atoms. The van der Waals surface area contributed by atoms with Crippen molar-refractivity contribution in [1.82, 2.24) is 0 Å². The largest absolute Gasteiger partial charge is 0.463 e. The fourth-order valence-electron chi connectivity index (χ4n) is 3.32. The van der Waals surface area contributed by atoms with Crippen molar-refractivity contribution in [3.8, 4) is 11.8 Å². The predicted octanol–water partition coefficient (Wildman–Crippen LogP) is 1.82. The van der Waals surface area contributed by atoms with Gasteiger partial charge >= 0.3 is 11.9 Å². The Balaban J connectivity index is 1.89. The lowest BCUT2D eigenvalue weighted by atomic mass is 9.95. The molecule has 0 radical (unpaired) electrons. The molecule has 2 saturated heterocycles. The van der Waals surface area contributed by atoms with Crippen LogP contribution < -0.4 is 0 Å². The summed E-state index contributed by atoms with van der Waals surface area (Å²) in [7, 11) is 0. The molecule has 5 atom stereocenters. The van der Waals surface area contributed by atoms with Crippen molar-refractivity contribution in [2.24, 2.45) is 0 Å². The van der Waals surface area contributed by atoms with Crippen molar-refractivity contribution in [2.45, 2.75) is 64.0 Å². The van der Waals surface area contributed by atoms with Crippen molar-refractivity contribution in [1.29, 1.82) is 0 Å². The molecule has 0 unspecified atom stereocenters. The van der Waals surface area contributed by atoms with E-state index in [1.165, 1.54) is 13.8 Å². The molecule has 0 bridgehead atoms. The first-order chi connectivity index (χ1) is 13.2. The number of ether oxygens (including phenoxy) is 5. The van der Waals surface area contributed by atoms with E-state index < -0.39 is 48.2 Å². The minimum atomic E-state index is -0.889. The van der Waals surface area contributed by atoms with Crippen molar-refractivity contribution in [3.63, 3.8) is 0 Å². The van der Waals surface area contributed by atoms with Crippen LogP contribution >= 0.6 is 0 Å². The smallest absolute Gasteiger partial charge is 0.303 e. The third kappa shape index (κ3) is 4.90. The third-order valence-corrected chi connectivity index (χ3v) is 4.36. The number of esters is 2.